The second-order valence-corrected chi connectivity index (χ2v) is 5.00. The van der Waals surface area contributed by atoms with Gasteiger partial charge in [-0.15, -0.1) is 0 Å². The lowest BCUT2D eigenvalue weighted by Crippen LogP contribution is -2.41. The monoisotopic (exact) mass is 278 g/mol. The summed E-state index contributed by atoms with van der Waals surface area (Å²) in [5.41, 5.74) is 0.737. The highest BCUT2D eigenvalue weighted by molar-refractivity contribution is 5.92. The third-order valence-corrected chi connectivity index (χ3v) is 3.46. The molecule has 110 valence electrons. The van der Waals surface area contributed by atoms with Gasteiger partial charge >= 0.3 is 0 Å². The second kappa shape index (κ2) is 7.26. The Morgan fingerprint density at radius 2 is 2.40 bits per heavy atom. The number of hydrogen-bond acceptors (Lipinski definition) is 4. The molecule has 0 radical (unpaired) electrons. The van der Waals surface area contributed by atoms with Gasteiger partial charge in [-0.2, -0.15) is 0 Å². The third-order valence-electron chi connectivity index (χ3n) is 3.46. The van der Waals surface area contributed by atoms with Crippen LogP contribution in [0.5, 0.6) is 5.75 Å². The van der Waals surface area contributed by atoms with Crippen molar-refractivity contribution >= 4 is 11.6 Å². The molecule has 0 aromatic heterocycles. The summed E-state index contributed by atoms with van der Waals surface area (Å²) in [6.07, 6.45) is 2.39. The molecule has 1 aromatic carbocycles. The molecule has 2 atom stereocenters. The van der Waals surface area contributed by atoms with Gasteiger partial charge in [-0.3, -0.25) is 4.79 Å². The minimum atomic E-state index is -0.0666. The second-order valence-electron chi connectivity index (χ2n) is 5.00. The van der Waals surface area contributed by atoms with Gasteiger partial charge in [0.25, 0.3) is 0 Å². The van der Waals surface area contributed by atoms with Crippen LogP contribution in [0.25, 0.3) is 0 Å². The first kappa shape index (κ1) is 14.8. The largest absolute Gasteiger partial charge is 0.497 e. The van der Waals surface area contributed by atoms with E-state index in [9.17, 15) is 4.79 Å². The van der Waals surface area contributed by atoms with E-state index in [1.165, 1.54) is 0 Å². The summed E-state index contributed by atoms with van der Waals surface area (Å²) >= 11 is 0. The molecule has 20 heavy (non-hydrogen) atoms. The van der Waals surface area contributed by atoms with E-state index in [2.05, 4.69) is 17.6 Å². The smallest absolute Gasteiger partial charge is 0.238 e. The van der Waals surface area contributed by atoms with Crippen LogP contribution in [-0.2, 0) is 9.53 Å². The van der Waals surface area contributed by atoms with Crippen molar-refractivity contribution in [3.05, 3.63) is 24.3 Å². The van der Waals surface area contributed by atoms with Crippen LogP contribution in [0.3, 0.4) is 0 Å². The molecule has 2 rings (SSSR count). The van der Waals surface area contributed by atoms with E-state index in [4.69, 9.17) is 9.47 Å². The molecule has 1 saturated heterocycles. The maximum atomic E-state index is 11.9. The SMILES string of the molecule is COc1cccc(NC(=O)CNC(C)C2CCCO2)c1. The van der Waals surface area contributed by atoms with Gasteiger partial charge in [-0.05, 0) is 31.9 Å². The van der Waals surface area contributed by atoms with Crippen molar-refractivity contribution in [3.63, 3.8) is 0 Å². The first-order valence-corrected chi connectivity index (χ1v) is 6.98. The predicted octanol–water partition coefficient (Wildman–Crippen LogP) is 1.79. The highest BCUT2D eigenvalue weighted by Crippen LogP contribution is 2.17. The number of hydrogen-bond donors (Lipinski definition) is 2. The molecular weight excluding hydrogens is 256 g/mol. The molecule has 1 fully saturated rings. The number of anilines is 1. The predicted molar refractivity (Wildman–Crippen MR) is 78.1 cm³/mol. The van der Waals surface area contributed by atoms with Crippen LogP contribution in [-0.4, -0.2) is 38.3 Å². The van der Waals surface area contributed by atoms with Gasteiger partial charge < -0.3 is 20.1 Å². The Balaban J connectivity index is 1.76. The van der Waals surface area contributed by atoms with E-state index in [0.29, 0.717) is 0 Å². The van der Waals surface area contributed by atoms with E-state index >= 15 is 0 Å². The highest BCUT2D eigenvalue weighted by atomic mass is 16.5. The Morgan fingerprint density at radius 1 is 1.55 bits per heavy atom. The van der Waals surface area contributed by atoms with Crippen LogP contribution < -0.4 is 15.4 Å². The van der Waals surface area contributed by atoms with Crippen molar-refractivity contribution in [2.45, 2.75) is 31.9 Å². The zero-order chi connectivity index (χ0) is 14.4. The van der Waals surface area contributed by atoms with Gasteiger partial charge in [0, 0.05) is 24.4 Å². The summed E-state index contributed by atoms with van der Waals surface area (Å²) in [5, 5.41) is 6.05. The number of methoxy groups -OCH3 is 1. The number of carbonyl (C=O) groups is 1. The normalized spacial score (nSPS) is 19.6. The lowest BCUT2D eigenvalue weighted by molar-refractivity contribution is -0.115. The summed E-state index contributed by atoms with van der Waals surface area (Å²) in [6.45, 7) is 3.15. The zero-order valence-corrected chi connectivity index (χ0v) is 12.0. The number of amides is 1. The van der Waals surface area contributed by atoms with E-state index in [-0.39, 0.29) is 24.6 Å². The maximum Gasteiger partial charge on any atom is 0.238 e. The lowest BCUT2D eigenvalue weighted by Gasteiger charge is -2.19. The Labute approximate surface area is 119 Å². The Bertz CT molecular complexity index is 444. The maximum absolute atomic E-state index is 11.9. The molecule has 2 unspecified atom stereocenters. The molecular formula is C15H22N2O3. The molecule has 1 heterocycles. The molecule has 1 aliphatic heterocycles. The Hall–Kier alpha value is -1.59. The van der Waals surface area contributed by atoms with Crippen LogP contribution in [0.15, 0.2) is 24.3 Å². The van der Waals surface area contributed by atoms with Crippen LogP contribution in [0.2, 0.25) is 0 Å². The van der Waals surface area contributed by atoms with Crippen LogP contribution >= 0.6 is 0 Å². The Morgan fingerprint density at radius 3 is 3.10 bits per heavy atom. The fourth-order valence-electron chi connectivity index (χ4n) is 2.29. The molecule has 0 saturated carbocycles. The number of benzene rings is 1. The molecule has 0 aliphatic carbocycles. The Kier molecular flexibility index (Phi) is 5.38. The number of ether oxygens (including phenoxy) is 2. The summed E-state index contributed by atoms with van der Waals surface area (Å²) in [5.74, 6) is 0.659. The van der Waals surface area contributed by atoms with Crippen LogP contribution in [0.1, 0.15) is 19.8 Å². The van der Waals surface area contributed by atoms with Gasteiger partial charge in [0.1, 0.15) is 5.75 Å². The molecule has 0 spiro atoms. The quantitative estimate of drug-likeness (QED) is 0.833. The van der Waals surface area contributed by atoms with E-state index < -0.39 is 0 Å². The number of nitrogens with one attached hydrogen (secondary N) is 2. The average molecular weight is 278 g/mol. The molecule has 1 aliphatic rings. The minimum Gasteiger partial charge on any atom is -0.497 e. The molecule has 1 amide bonds. The third kappa shape index (κ3) is 4.21. The van der Waals surface area contributed by atoms with Gasteiger partial charge in [-0.25, -0.2) is 0 Å². The molecule has 5 nitrogen and oxygen atoms in total. The van der Waals surface area contributed by atoms with E-state index in [1.54, 1.807) is 13.2 Å². The fourth-order valence-corrected chi connectivity index (χ4v) is 2.29. The van der Waals surface area contributed by atoms with Gasteiger partial charge in [0.05, 0.1) is 19.8 Å². The molecule has 1 aromatic rings. The van der Waals surface area contributed by atoms with Crippen LogP contribution in [0.4, 0.5) is 5.69 Å². The van der Waals surface area contributed by atoms with E-state index in [1.807, 2.05) is 18.2 Å². The first-order valence-electron chi connectivity index (χ1n) is 6.98. The lowest BCUT2D eigenvalue weighted by atomic mass is 10.1. The zero-order valence-electron chi connectivity index (χ0n) is 12.0. The van der Waals surface area contributed by atoms with Crippen molar-refractivity contribution in [3.8, 4) is 5.75 Å². The minimum absolute atomic E-state index is 0.0666. The highest BCUT2D eigenvalue weighted by Gasteiger charge is 2.22. The van der Waals surface area contributed by atoms with Crippen molar-refractivity contribution in [1.29, 1.82) is 0 Å². The summed E-state index contributed by atoms with van der Waals surface area (Å²) in [7, 11) is 1.60. The summed E-state index contributed by atoms with van der Waals surface area (Å²) in [4.78, 5) is 11.9. The van der Waals surface area contributed by atoms with Gasteiger partial charge in [-0.1, -0.05) is 6.07 Å². The summed E-state index contributed by atoms with van der Waals surface area (Å²) < 4.78 is 10.7. The van der Waals surface area contributed by atoms with Gasteiger partial charge in [0.15, 0.2) is 0 Å². The average Bonchev–Trinajstić information content (AvgIpc) is 2.99. The van der Waals surface area contributed by atoms with Crippen molar-refractivity contribution in [1.82, 2.24) is 5.32 Å². The first-order chi connectivity index (χ1) is 9.69. The van der Waals surface area contributed by atoms with Crippen LogP contribution in [0, 0.1) is 0 Å². The topological polar surface area (TPSA) is 59.6 Å². The van der Waals surface area contributed by atoms with Crippen molar-refractivity contribution in [2.75, 3.05) is 25.6 Å². The molecule has 2 N–H and O–H groups in total. The molecule has 0 bridgehead atoms. The fraction of sp³-hybridized carbons (Fsp3) is 0.533. The summed E-state index contributed by atoms with van der Waals surface area (Å²) in [6, 6.07) is 7.50. The van der Waals surface area contributed by atoms with Crippen molar-refractivity contribution in [2.24, 2.45) is 0 Å². The number of rotatable bonds is 6. The van der Waals surface area contributed by atoms with E-state index in [0.717, 1.165) is 30.9 Å². The number of carbonyl (C=O) groups excluding carboxylic acids is 1. The standard InChI is InChI=1S/C15H22N2O3/c1-11(14-7-4-8-20-14)16-10-15(18)17-12-5-3-6-13(9-12)19-2/h3,5-6,9,11,14,16H,4,7-8,10H2,1-2H3,(H,17,18). The van der Waals surface area contributed by atoms with Gasteiger partial charge in [0.2, 0.25) is 5.91 Å². The van der Waals surface area contributed by atoms with Crippen molar-refractivity contribution < 1.29 is 14.3 Å². The molecule has 5 heteroatoms.